The van der Waals surface area contributed by atoms with Crippen LogP contribution in [0.2, 0.25) is 5.15 Å². The molecule has 3 aromatic heterocycles. The van der Waals surface area contributed by atoms with Gasteiger partial charge in [-0.3, -0.25) is 9.20 Å². The highest BCUT2D eigenvalue weighted by Gasteiger charge is 2.40. The predicted molar refractivity (Wildman–Crippen MR) is 95.5 cm³/mol. The fourth-order valence-corrected chi connectivity index (χ4v) is 3.69. The van der Waals surface area contributed by atoms with Gasteiger partial charge in [-0.2, -0.15) is 18.3 Å². The number of alkyl halides is 3. The van der Waals surface area contributed by atoms with Crippen molar-refractivity contribution >= 4 is 17.2 Å². The second kappa shape index (κ2) is 6.59. The molecule has 4 rings (SSSR count). The second-order valence-corrected chi connectivity index (χ2v) is 7.36. The topological polar surface area (TPSA) is 72.4 Å². The van der Waals surface area contributed by atoms with Crippen molar-refractivity contribution in [3.8, 4) is 0 Å². The summed E-state index contributed by atoms with van der Waals surface area (Å²) >= 11 is 5.85. The normalized spacial score (nSPS) is 19.4. The monoisotopic (exact) mass is 412 g/mol. The molecule has 1 fully saturated rings. The molecule has 3 heterocycles. The van der Waals surface area contributed by atoms with Crippen LogP contribution in [0.1, 0.15) is 35.0 Å². The van der Waals surface area contributed by atoms with Gasteiger partial charge in [0.2, 0.25) is 0 Å². The summed E-state index contributed by atoms with van der Waals surface area (Å²) < 4.78 is 40.9. The van der Waals surface area contributed by atoms with Crippen LogP contribution in [0, 0.1) is 12.8 Å². The molecule has 0 bridgehead atoms. The van der Waals surface area contributed by atoms with Gasteiger partial charge in [0, 0.05) is 30.4 Å². The lowest BCUT2D eigenvalue weighted by atomic mass is 10.1. The van der Waals surface area contributed by atoms with Gasteiger partial charge in [0.1, 0.15) is 10.8 Å². The summed E-state index contributed by atoms with van der Waals surface area (Å²) in [5.74, 6) is 0.216. The maximum Gasteiger partial charge on any atom is 0.435 e. The van der Waals surface area contributed by atoms with Gasteiger partial charge in [-0.25, -0.2) is 9.67 Å². The Bertz CT molecular complexity index is 1120. The Kier molecular flexibility index (Phi) is 4.46. The van der Waals surface area contributed by atoms with E-state index in [1.165, 1.54) is 10.5 Å². The molecule has 28 heavy (non-hydrogen) atoms. The molecule has 0 spiro atoms. The largest absolute Gasteiger partial charge is 0.435 e. The highest BCUT2D eigenvalue weighted by molar-refractivity contribution is 6.29. The highest BCUT2D eigenvalue weighted by atomic mass is 35.5. The van der Waals surface area contributed by atoms with Gasteiger partial charge in [-0.15, -0.1) is 0 Å². The van der Waals surface area contributed by atoms with Gasteiger partial charge in [0.15, 0.2) is 5.69 Å². The lowest BCUT2D eigenvalue weighted by Crippen LogP contribution is -2.21. The minimum Gasteiger partial charge on any atom is -0.396 e. The molecule has 148 valence electrons. The van der Waals surface area contributed by atoms with Crippen molar-refractivity contribution in [3.05, 3.63) is 62.4 Å². The molecule has 0 aromatic carbocycles. The minimum atomic E-state index is -4.61. The minimum absolute atomic E-state index is 0.0556. The van der Waals surface area contributed by atoms with Crippen LogP contribution < -0.4 is 5.56 Å². The Morgan fingerprint density at radius 1 is 1.32 bits per heavy atom. The number of aliphatic hydroxyl groups excluding tert-OH is 1. The number of pyridine rings is 1. The van der Waals surface area contributed by atoms with Gasteiger partial charge < -0.3 is 5.11 Å². The van der Waals surface area contributed by atoms with Gasteiger partial charge >= 0.3 is 6.18 Å². The Balaban J connectivity index is 1.74. The average molecular weight is 413 g/mol. The van der Waals surface area contributed by atoms with E-state index in [1.807, 2.05) is 13.0 Å². The average Bonchev–Trinajstić information content (AvgIpc) is 3.30. The number of aryl methyl sites for hydroxylation is 1. The van der Waals surface area contributed by atoms with E-state index >= 15 is 0 Å². The maximum absolute atomic E-state index is 12.8. The van der Waals surface area contributed by atoms with E-state index in [0.717, 1.165) is 28.4 Å². The van der Waals surface area contributed by atoms with Crippen molar-refractivity contribution in [1.29, 1.82) is 0 Å². The van der Waals surface area contributed by atoms with E-state index in [-0.39, 0.29) is 41.4 Å². The molecular formula is C18H16ClF3N4O2. The summed E-state index contributed by atoms with van der Waals surface area (Å²) in [5, 5.41) is 12.6. The third kappa shape index (κ3) is 3.29. The molecule has 1 aliphatic carbocycles. The first-order valence-electron chi connectivity index (χ1n) is 8.62. The summed E-state index contributed by atoms with van der Waals surface area (Å²) in [4.78, 5) is 17.2. The van der Waals surface area contributed by atoms with Crippen molar-refractivity contribution < 1.29 is 18.3 Å². The molecule has 6 nitrogen and oxygen atoms in total. The standard InChI is InChI=1S/C18H16ClF3N4O2/c1-9-2-3-15-23-11(7-25-14(19)6-13(24-25)18(20,21)22)5-16(28)26(15)17(9)12-4-10(12)8-27/h2-3,5-6,10,12,27H,4,7-8H2,1H3/t10-,12+/m0/s1. The number of nitrogens with zero attached hydrogens (tertiary/aromatic N) is 4. The Morgan fingerprint density at radius 2 is 2.07 bits per heavy atom. The fraction of sp³-hybridized carbons (Fsp3) is 0.389. The summed E-state index contributed by atoms with van der Waals surface area (Å²) in [7, 11) is 0. The van der Waals surface area contributed by atoms with E-state index in [9.17, 15) is 23.1 Å². The Labute approximate surface area is 162 Å². The third-order valence-electron chi connectivity index (χ3n) is 4.97. The zero-order chi connectivity index (χ0) is 20.2. The lowest BCUT2D eigenvalue weighted by molar-refractivity contribution is -0.141. The van der Waals surface area contributed by atoms with Gasteiger partial charge in [-0.1, -0.05) is 17.7 Å². The van der Waals surface area contributed by atoms with Crippen LogP contribution in [-0.2, 0) is 12.7 Å². The van der Waals surface area contributed by atoms with Crippen molar-refractivity contribution in [2.24, 2.45) is 5.92 Å². The Morgan fingerprint density at radius 3 is 2.68 bits per heavy atom. The quantitative estimate of drug-likeness (QED) is 0.715. The van der Waals surface area contributed by atoms with E-state index in [1.54, 1.807) is 6.07 Å². The number of aromatic nitrogens is 4. The van der Waals surface area contributed by atoms with Crippen molar-refractivity contribution in [3.63, 3.8) is 0 Å². The number of fused-ring (bicyclic) bond motifs is 1. The third-order valence-corrected chi connectivity index (χ3v) is 5.27. The molecule has 1 N–H and O–H groups in total. The van der Waals surface area contributed by atoms with E-state index in [0.29, 0.717) is 5.65 Å². The molecule has 0 aliphatic heterocycles. The molecule has 10 heteroatoms. The van der Waals surface area contributed by atoms with Crippen LogP contribution in [0.4, 0.5) is 13.2 Å². The van der Waals surface area contributed by atoms with Crippen molar-refractivity contribution in [2.75, 3.05) is 6.61 Å². The van der Waals surface area contributed by atoms with Gasteiger partial charge in [0.25, 0.3) is 5.56 Å². The number of hydrogen-bond donors (Lipinski definition) is 1. The van der Waals surface area contributed by atoms with E-state index < -0.39 is 11.9 Å². The zero-order valence-electron chi connectivity index (χ0n) is 14.7. The van der Waals surface area contributed by atoms with Crippen LogP contribution in [0.3, 0.4) is 0 Å². The highest BCUT2D eigenvalue weighted by Crippen LogP contribution is 2.47. The lowest BCUT2D eigenvalue weighted by Gasteiger charge is -2.12. The molecular weight excluding hydrogens is 397 g/mol. The predicted octanol–water partition coefficient (Wildman–Crippen LogP) is 3.02. The number of halogens is 4. The summed E-state index contributed by atoms with van der Waals surface area (Å²) in [6.45, 7) is 1.79. The summed E-state index contributed by atoms with van der Waals surface area (Å²) in [6, 6.07) is 5.54. The Hall–Kier alpha value is -2.39. The molecule has 1 aliphatic rings. The first-order valence-corrected chi connectivity index (χ1v) is 9.00. The van der Waals surface area contributed by atoms with Crippen molar-refractivity contribution in [2.45, 2.75) is 32.0 Å². The zero-order valence-corrected chi connectivity index (χ0v) is 15.5. The molecule has 0 radical (unpaired) electrons. The van der Waals surface area contributed by atoms with Gasteiger partial charge in [0.05, 0.1) is 12.2 Å². The van der Waals surface area contributed by atoms with Crippen LogP contribution in [0.25, 0.3) is 5.65 Å². The first kappa shape index (κ1) is 18.9. The van der Waals surface area contributed by atoms with Crippen LogP contribution >= 0.6 is 11.6 Å². The van der Waals surface area contributed by atoms with Crippen molar-refractivity contribution in [1.82, 2.24) is 19.2 Å². The number of aliphatic hydroxyl groups is 1. The number of rotatable bonds is 4. The first-order chi connectivity index (χ1) is 13.2. The molecule has 1 saturated carbocycles. The second-order valence-electron chi connectivity index (χ2n) is 6.97. The van der Waals surface area contributed by atoms with Crippen LogP contribution in [-0.4, -0.2) is 30.9 Å². The molecule has 2 atom stereocenters. The van der Waals surface area contributed by atoms with Crippen LogP contribution in [0.5, 0.6) is 0 Å². The molecule has 3 aromatic rings. The van der Waals surface area contributed by atoms with E-state index in [4.69, 9.17) is 11.6 Å². The van der Waals surface area contributed by atoms with Crippen LogP contribution in [0.15, 0.2) is 29.1 Å². The smallest absolute Gasteiger partial charge is 0.396 e. The maximum atomic E-state index is 12.8. The summed E-state index contributed by atoms with van der Waals surface area (Å²) in [6.07, 6.45) is -3.81. The summed E-state index contributed by atoms with van der Waals surface area (Å²) in [5.41, 5.74) is 0.962. The molecule has 0 saturated heterocycles. The fourth-order valence-electron chi connectivity index (χ4n) is 3.48. The van der Waals surface area contributed by atoms with Gasteiger partial charge in [-0.05, 0) is 30.9 Å². The molecule has 0 amide bonds. The van der Waals surface area contributed by atoms with E-state index in [2.05, 4.69) is 10.1 Å². The SMILES string of the molecule is Cc1ccc2nc(Cn3nc(C(F)(F)F)cc3Cl)cc(=O)n2c1[C@@H]1C[C@H]1CO. The molecule has 0 unspecified atom stereocenters. The number of hydrogen-bond acceptors (Lipinski definition) is 4.